The average molecular weight is 334 g/mol. The molecule has 1 aromatic heterocycles. The second-order valence-electron chi connectivity index (χ2n) is 5.60. The molecule has 1 saturated heterocycles. The maximum atomic E-state index is 14.1. The molecule has 23 heavy (non-hydrogen) atoms. The van der Waals surface area contributed by atoms with Crippen LogP contribution in [0.15, 0.2) is 29.6 Å². The van der Waals surface area contributed by atoms with Crippen molar-refractivity contribution in [2.75, 3.05) is 13.1 Å². The summed E-state index contributed by atoms with van der Waals surface area (Å²) < 4.78 is 14.1. The number of rotatable bonds is 3. The molecule has 1 aliphatic rings. The van der Waals surface area contributed by atoms with Gasteiger partial charge in [-0.05, 0) is 12.5 Å². The van der Waals surface area contributed by atoms with Gasteiger partial charge in [-0.15, -0.1) is 11.3 Å². The summed E-state index contributed by atoms with van der Waals surface area (Å²) in [4.78, 5) is 28.9. The van der Waals surface area contributed by atoms with Crippen LogP contribution in [0.1, 0.15) is 22.5 Å². The number of carbonyl (C=O) groups is 2. The van der Waals surface area contributed by atoms with Crippen molar-refractivity contribution in [3.05, 3.63) is 40.9 Å². The lowest BCUT2D eigenvalue weighted by molar-refractivity contribution is -0.149. The molecule has 2 heterocycles. The second kappa shape index (κ2) is 5.73. The van der Waals surface area contributed by atoms with E-state index in [2.05, 4.69) is 4.98 Å². The number of benzene rings is 1. The number of hydrogen-bond donors (Lipinski definition) is 1. The Bertz CT molecular complexity index is 776. The van der Waals surface area contributed by atoms with Crippen LogP contribution in [0.5, 0.6) is 0 Å². The Morgan fingerprint density at radius 1 is 1.39 bits per heavy atom. The number of halogens is 1. The van der Waals surface area contributed by atoms with Gasteiger partial charge < -0.3 is 10.0 Å². The van der Waals surface area contributed by atoms with Gasteiger partial charge in [-0.2, -0.15) is 0 Å². The third-order valence-corrected chi connectivity index (χ3v) is 4.86. The minimum atomic E-state index is -2.36. The highest BCUT2D eigenvalue weighted by Crippen LogP contribution is 2.30. The predicted octanol–water partition coefficient (Wildman–Crippen LogP) is 2.76. The summed E-state index contributed by atoms with van der Waals surface area (Å²) in [5, 5.41) is 11.2. The van der Waals surface area contributed by atoms with Gasteiger partial charge in [-0.3, -0.25) is 4.79 Å². The summed E-state index contributed by atoms with van der Waals surface area (Å²) in [6.45, 7) is 1.61. The number of nitrogens with zero attached hydrogens (tertiary/aromatic N) is 2. The van der Waals surface area contributed by atoms with Crippen LogP contribution in [0.3, 0.4) is 0 Å². The summed E-state index contributed by atoms with van der Waals surface area (Å²) in [5.41, 5.74) is -0.133. The first-order valence-corrected chi connectivity index (χ1v) is 8.02. The zero-order chi connectivity index (χ0) is 16.6. The normalized spacial score (nSPS) is 20.7. The molecule has 1 unspecified atom stereocenters. The summed E-state index contributed by atoms with van der Waals surface area (Å²) in [6, 6.07) is 7.71. The number of thiazole rings is 1. The topological polar surface area (TPSA) is 70.5 Å². The van der Waals surface area contributed by atoms with Crippen LogP contribution >= 0.6 is 11.3 Å². The lowest BCUT2D eigenvalue weighted by Gasteiger charge is -2.16. The summed E-state index contributed by atoms with van der Waals surface area (Å²) in [6.07, 6.45) is -0.192. The van der Waals surface area contributed by atoms with Crippen LogP contribution in [-0.4, -0.2) is 45.6 Å². The minimum Gasteiger partial charge on any atom is -0.479 e. The maximum absolute atomic E-state index is 14.1. The number of hydrogen-bond acceptors (Lipinski definition) is 4. The van der Waals surface area contributed by atoms with E-state index in [1.807, 2.05) is 31.2 Å². The number of carbonyl (C=O) groups excluding carboxylic acids is 1. The number of carboxylic acids is 1. The van der Waals surface area contributed by atoms with Crippen LogP contribution in [0.4, 0.5) is 4.39 Å². The van der Waals surface area contributed by atoms with Crippen molar-refractivity contribution in [3.63, 3.8) is 0 Å². The second-order valence-corrected chi connectivity index (χ2v) is 6.46. The number of carboxylic acid groups (broad SMARTS) is 1. The smallest absolute Gasteiger partial charge is 0.343 e. The zero-order valence-electron chi connectivity index (χ0n) is 12.5. The molecule has 0 spiro atoms. The van der Waals surface area contributed by atoms with Crippen molar-refractivity contribution >= 4 is 23.2 Å². The first kappa shape index (κ1) is 15.6. The van der Waals surface area contributed by atoms with Crippen molar-refractivity contribution < 1.29 is 19.1 Å². The molecular weight excluding hydrogens is 319 g/mol. The van der Waals surface area contributed by atoms with Crippen LogP contribution in [0.2, 0.25) is 0 Å². The van der Waals surface area contributed by atoms with E-state index in [0.717, 1.165) is 16.1 Å². The van der Waals surface area contributed by atoms with E-state index in [-0.39, 0.29) is 18.7 Å². The van der Waals surface area contributed by atoms with E-state index >= 15 is 0 Å². The minimum absolute atomic E-state index is 0.0822. The van der Waals surface area contributed by atoms with Crippen LogP contribution in [0, 0.1) is 6.92 Å². The molecule has 1 fully saturated rings. The van der Waals surface area contributed by atoms with Crippen molar-refractivity contribution in [1.29, 1.82) is 0 Å². The Morgan fingerprint density at radius 2 is 2.13 bits per heavy atom. The fourth-order valence-electron chi connectivity index (χ4n) is 2.59. The van der Waals surface area contributed by atoms with E-state index < -0.39 is 24.1 Å². The molecule has 1 amide bonds. The number of aromatic nitrogens is 1. The van der Waals surface area contributed by atoms with Gasteiger partial charge in [0.05, 0.1) is 6.54 Å². The van der Waals surface area contributed by atoms with Crippen LogP contribution in [-0.2, 0) is 4.79 Å². The maximum Gasteiger partial charge on any atom is 0.343 e. The summed E-state index contributed by atoms with van der Waals surface area (Å²) in [7, 11) is 0. The van der Waals surface area contributed by atoms with Gasteiger partial charge in [0.2, 0.25) is 5.67 Å². The average Bonchev–Trinajstić information content (AvgIpc) is 3.15. The van der Waals surface area contributed by atoms with E-state index in [4.69, 9.17) is 5.11 Å². The van der Waals surface area contributed by atoms with Gasteiger partial charge in [0.15, 0.2) is 0 Å². The Hall–Kier alpha value is -2.28. The molecule has 0 radical (unpaired) electrons. The SMILES string of the molecule is Cc1ccccc1-c1nc(C(=O)N2CCC(F)(C(=O)O)C2)cs1. The molecule has 1 aliphatic heterocycles. The van der Waals surface area contributed by atoms with Gasteiger partial charge in [0.25, 0.3) is 5.91 Å². The first-order chi connectivity index (χ1) is 10.9. The summed E-state index contributed by atoms with van der Waals surface area (Å²) >= 11 is 1.34. The molecule has 0 saturated carbocycles. The van der Waals surface area contributed by atoms with Gasteiger partial charge >= 0.3 is 5.97 Å². The largest absolute Gasteiger partial charge is 0.479 e. The monoisotopic (exact) mass is 334 g/mol. The summed E-state index contributed by atoms with van der Waals surface area (Å²) in [5.74, 6) is -1.95. The fourth-order valence-corrected chi connectivity index (χ4v) is 3.48. The molecule has 0 bridgehead atoms. The van der Waals surface area contributed by atoms with E-state index in [1.54, 1.807) is 5.38 Å². The molecule has 120 valence electrons. The molecule has 1 aromatic carbocycles. The first-order valence-electron chi connectivity index (χ1n) is 7.14. The number of alkyl halides is 1. The molecule has 1 atom stereocenters. The van der Waals surface area contributed by atoms with Gasteiger partial charge in [0, 0.05) is 23.9 Å². The third-order valence-electron chi connectivity index (χ3n) is 3.99. The lowest BCUT2D eigenvalue weighted by atomic mass is 10.1. The Balaban J connectivity index is 1.80. The quantitative estimate of drug-likeness (QED) is 0.937. The fraction of sp³-hybridized carbons (Fsp3) is 0.312. The molecule has 5 nitrogen and oxygen atoms in total. The number of aryl methyl sites for hydroxylation is 1. The van der Waals surface area contributed by atoms with Crippen molar-refractivity contribution in [1.82, 2.24) is 9.88 Å². The van der Waals surface area contributed by atoms with Crippen LogP contribution in [0.25, 0.3) is 10.6 Å². The van der Waals surface area contributed by atoms with E-state index in [0.29, 0.717) is 0 Å². The highest BCUT2D eigenvalue weighted by molar-refractivity contribution is 7.13. The van der Waals surface area contributed by atoms with Gasteiger partial charge in [0.1, 0.15) is 10.7 Å². The molecular formula is C16H15FN2O3S. The molecule has 0 aliphatic carbocycles. The van der Waals surface area contributed by atoms with Gasteiger partial charge in [-0.1, -0.05) is 24.3 Å². The van der Waals surface area contributed by atoms with Crippen molar-refractivity contribution in [3.8, 4) is 10.6 Å². The van der Waals surface area contributed by atoms with Crippen LogP contribution < -0.4 is 0 Å². The Labute approximate surface area is 136 Å². The number of likely N-dealkylation sites (tertiary alicyclic amines) is 1. The van der Waals surface area contributed by atoms with Gasteiger partial charge in [-0.25, -0.2) is 14.2 Å². The molecule has 1 N–H and O–H groups in total. The number of amides is 1. The molecule has 2 aromatic rings. The van der Waals surface area contributed by atoms with Crippen molar-refractivity contribution in [2.45, 2.75) is 19.0 Å². The predicted molar refractivity (Wildman–Crippen MR) is 84.3 cm³/mol. The number of aliphatic carboxylic acids is 1. The highest BCUT2D eigenvalue weighted by Gasteiger charge is 2.47. The highest BCUT2D eigenvalue weighted by atomic mass is 32.1. The van der Waals surface area contributed by atoms with E-state index in [1.165, 1.54) is 16.2 Å². The molecule has 3 rings (SSSR count). The zero-order valence-corrected chi connectivity index (χ0v) is 13.3. The Kier molecular flexibility index (Phi) is 3.89. The third kappa shape index (κ3) is 2.84. The lowest BCUT2D eigenvalue weighted by Crippen LogP contribution is -2.39. The molecule has 7 heteroatoms. The van der Waals surface area contributed by atoms with Crippen molar-refractivity contribution in [2.24, 2.45) is 0 Å². The Morgan fingerprint density at radius 3 is 2.78 bits per heavy atom. The standard InChI is InChI=1S/C16H15FN2O3S/c1-10-4-2-3-5-11(10)13-18-12(8-23-13)14(20)19-7-6-16(17,9-19)15(21)22/h2-5,8H,6-7,9H2,1H3,(H,21,22). The van der Waals surface area contributed by atoms with E-state index in [9.17, 15) is 14.0 Å².